The molecule has 2 amide bonds. The van der Waals surface area contributed by atoms with Crippen molar-refractivity contribution in [2.24, 2.45) is 15.3 Å². The van der Waals surface area contributed by atoms with Gasteiger partial charge >= 0.3 is 5.63 Å². The molecule has 0 spiro atoms. The Balaban J connectivity index is 1.42. The Morgan fingerprint density at radius 2 is 1.65 bits per heavy atom. The van der Waals surface area contributed by atoms with Gasteiger partial charge in [-0.15, -0.1) is 0 Å². The molecular formula is C29H27N5O6. The van der Waals surface area contributed by atoms with Crippen LogP contribution in [0.1, 0.15) is 25.8 Å². The molecule has 3 aromatic carbocycles. The predicted octanol–water partition coefficient (Wildman–Crippen LogP) is 5.48. The van der Waals surface area contributed by atoms with Crippen LogP contribution in [0.5, 0.6) is 11.5 Å². The van der Waals surface area contributed by atoms with Gasteiger partial charge in [-0.25, -0.2) is 10.2 Å². The largest absolute Gasteiger partial charge is 0.497 e. The molecule has 0 fully saturated rings. The molecule has 1 aromatic heterocycles. The zero-order valence-electron chi connectivity index (χ0n) is 22.1. The first-order chi connectivity index (χ1) is 19.3. The Hall–Kier alpha value is -5.32. The molecule has 0 saturated heterocycles. The molecule has 4 rings (SSSR count). The number of ether oxygens (including phenoxy) is 2. The number of hydrogen-bond acceptors (Lipinski definition) is 9. The fourth-order valence-electron chi connectivity index (χ4n) is 3.61. The lowest BCUT2D eigenvalue weighted by Gasteiger charge is -2.07. The third-order valence-corrected chi connectivity index (χ3v) is 5.56. The first kappa shape index (κ1) is 27.7. The first-order valence-corrected chi connectivity index (χ1v) is 12.3. The summed E-state index contributed by atoms with van der Waals surface area (Å²) in [4.78, 5) is 37.0. The van der Waals surface area contributed by atoms with Gasteiger partial charge in [0.15, 0.2) is 0 Å². The van der Waals surface area contributed by atoms with E-state index in [1.807, 2.05) is 19.1 Å². The van der Waals surface area contributed by atoms with Crippen LogP contribution in [0.25, 0.3) is 11.0 Å². The second kappa shape index (κ2) is 13.0. The molecule has 11 nitrogen and oxygen atoms in total. The van der Waals surface area contributed by atoms with Gasteiger partial charge in [-0.1, -0.05) is 6.07 Å². The minimum absolute atomic E-state index is 0.147. The topological polar surface area (TPSA) is 144 Å². The van der Waals surface area contributed by atoms with E-state index in [-0.39, 0.29) is 11.3 Å². The van der Waals surface area contributed by atoms with Crippen LogP contribution in [0.4, 0.5) is 17.1 Å². The van der Waals surface area contributed by atoms with E-state index < -0.39 is 23.9 Å². The summed E-state index contributed by atoms with van der Waals surface area (Å²) >= 11 is 0. The van der Waals surface area contributed by atoms with Crippen LogP contribution in [-0.4, -0.2) is 31.2 Å². The fraction of sp³-hybridized carbons (Fsp3) is 0.172. The fourth-order valence-corrected chi connectivity index (χ4v) is 3.61. The molecule has 0 aliphatic rings. The van der Waals surface area contributed by atoms with Gasteiger partial charge in [0, 0.05) is 17.1 Å². The number of hydrazone groups is 1. The lowest BCUT2D eigenvalue weighted by Crippen LogP contribution is -2.26. The van der Waals surface area contributed by atoms with Crippen LogP contribution >= 0.6 is 0 Å². The smallest absolute Gasteiger partial charge is 0.345 e. The Bertz CT molecular complexity index is 1640. The van der Waals surface area contributed by atoms with E-state index in [0.717, 1.165) is 5.75 Å². The maximum atomic E-state index is 12.5. The standard InChI is InChI=1S/C29H27N5O6/c1-4-39-23-11-8-20(9-12-23)32-33-22-10-13-26-19(14-22)15-25(29(37)40-26)18(2)31-34-28(36)17-27(35)30-21-6-5-7-24(16-21)38-3/h5-16H,4,17H2,1-3H3,(H,30,35)(H,34,36)/b31-18+,33-32?. The molecule has 1 heterocycles. The van der Waals surface area contributed by atoms with Crippen molar-refractivity contribution in [3.05, 3.63) is 88.8 Å². The molecule has 0 atom stereocenters. The molecule has 40 heavy (non-hydrogen) atoms. The number of fused-ring (bicyclic) bond motifs is 1. The van der Waals surface area contributed by atoms with Crippen molar-refractivity contribution < 1.29 is 23.5 Å². The zero-order valence-corrected chi connectivity index (χ0v) is 22.1. The van der Waals surface area contributed by atoms with Gasteiger partial charge in [-0.05, 0) is 74.5 Å². The number of benzene rings is 3. The van der Waals surface area contributed by atoms with Crippen molar-refractivity contribution >= 4 is 45.6 Å². The Kier molecular flexibility index (Phi) is 8.98. The maximum Gasteiger partial charge on any atom is 0.345 e. The molecule has 0 aliphatic carbocycles. The predicted molar refractivity (Wildman–Crippen MR) is 151 cm³/mol. The van der Waals surface area contributed by atoms with E-state index >= 15 is 0 Å². The number of carbonyl (C=O) groups is 2. The molecule has 11 heteroatoms. The number of nitrogens with one attached hydrogen (secondary N) is 2. The summed E-state index contributed by atoms with van der Waals surface area (Å²) in [5.41, 5.74) is 4.08. The lowest BCUT2D eigenvalue weighted by molar-refractivity contribution is -0.126. The SMILES string of the molecule is CCOc1ccc(N=Nc2ccc3oc(=O)c(/C(C)=N/NC(=O)CC(=O)Nc4cccc(OC)c4)cc3c2)cc1. The average molecular weight is 542 g/mol. The third kappa shape index (κ3) is 7.38. The molecule has 2 N–H and O–H groups in total. The molecule has 4 aromatic rings. The van der Waals surface area contributed by atoms with E-state index in [1.165, 1.54) is 7.11 Å². The van der Waals surface area contributed by atoms with Crippen molar-refractivity contribution in [2.45, 2.75) is 20.3 Å². The summed E-state index contributed by atoms with van der Waals surface area (Å²) in [5, 5.41) is 15.7. The first-order valence-electron chi connectivity index (χ1n) is 12.3. The monoisotopic (exact) mass is 541 g/mol. The molecular weight excluding hydrogens is 514 g/mol. The average Bonchev–Trinajstić information content (AvgIpc) is 2.95. The van der Waals surface area contributed by atoms with Crippen LogP contribution in [0, 0.1) is 0 Å². The van der Waals surface area contributed by atoms with E-state index in [2.05, 4.69) is 26.1 Å². The zero-order chi connectivity index (χ0) is 28.5. The second-order valence-electron chi connectivity index (χ2n) is 8.49. The summed E-state index contributed by atoms with van der Waals surface area (Å²) in [6.45, 7) is 4.04. The van der Waals surface area contributed by atoms with Gasteiger partial charge in [0.2, 0.25) is 11.8 Å². The molecule has 0 bridgehead atoms. The lowest BCUT2D eigenvalue weighted by atomic mass is 10.1. The highest BCUT2D eigenvalue weighted by molar-refractivity contribution is 6.05. The van der Waals surface area contributed by atoms with E-state index in [0.29, 0.717) is 40.4 Å². The van der Waals surface area contributed by atoms with Gasteiger partial charge < -0.3 is 19.2 Å². The van der Waals surface area contributed by atoms with Crippen LogP contribution in [0.2, 0.25) is 0 Å². The minimum Gasteiger partial charge on any atom is -0.497 e. The van der Waals surface area contributed by atoms with E-state index in [9.17, 15) is 14.4 Å². The quantitative estimate of drug-likeness (QED) is 0.0894. The van der Waals surface area contributed by atoms with E-state index in [1.54, 1.807) is 67.6 Å². The summed E-state index contributed by atoms with van der Waals surface area (Å²) in [6, 6.07) is 20.6. The summed E-state index contributed by atoms with van der Waals surface area (Å²) < 4.78 is 16.0. The van der Waals surface area contributed by atoms with Gasteiger partial charge in [-0.2, -0.15) is 15.3 Å². The summed E-state index contributed by atoms with van der Waals surface area (Å²) in [5.74, 6) is 0.136. The number of amides is 2. The number of nitrogens with zero attached hydrogens (tertiary/aromatic N) is 3. The highest BCUT2D eigenvalue weighted by Gasteiger charge is 2.12. The highest BCUT2D eigenvalue weighted by atomic mass is 16.5. The molecule has 204 valence electrons. The highest BCUT2D eigenvalue weighted by Crippen LogP contribution is 2.25. The normalized spacial score (nSPS) is 11.4. The van der Waals surface area contributed by atoms with Crippen molar-refractivity contribution in [1.82, 2.24) is 5.43 Å². The molecule has 0 aliphatic heterocycles. The van der Waals surface area contributed by atoms with Gasteiger partial charge in [-0.3, -0.25) is 9.59 Å². The van der Waals surface area contributed by atoms with Gasteiger partial charge in [0.05, 0.1) is 36.4 Å². The third-order valence-electron chi connectivity index (χ3n) is 5.56. The van der Waals surface area contributed by atoms with Crippen molar-refractivity contribution in [1.29, 1.82) is 0 Å². The second-order valence-corrected chi connectivity index (χ2v) is 8.49. The van der Waals surface area contributed by atoms with Gasteiger partial charge in [0.1, 0.15) is 23.5 Å². The Morgan fingerprint density at radius 3 is 2.40 bits per heavy atom. The number of rotatable bonds is 10. The van der Waals surface area contributed by atoms with Gasteiger partial charge in [0.25, 0.3) is 0 Å². The Labute approximate surface area is 229 Å². The number of hydrogen-bond donors (Lipinski definition) is 2. The molecule has 0 unspecified atom stereocenters. The summed E-state index contributed by atoms with van der Waals surface area (Å²) in [6.07, 6.45) is -0.469. The van der Waals surface area contributed by atoms with Crippen LogP contribution in [0.3, 0.4) is 0 Å². The number of anilines is 1. The maximum absolute atomic E-state index is 12.5. The minimum atomic E-state index is -0.651. The summed E-state index contributed by atoms with van der Waals surface area (Å²) in [7, 11) is 1.51. The van der Waals surface area contributed by atoms with Crippen LogP contribution in [0.15, 0.2) is 97.3 Å². The van der Waals surface area contributed by atoms with Crippen molar-refractivity contribution in [3.63, 3.8) is 0 Å². The number of azo groups is 1. The van der Waals surface area contributed by atoms with Crippen LogP contribution < -0.4 is 25.8 Å². The molecule has 0 radical (unpaired) electrons. The van der Waals surface area contributed by atoms with E-state index in [4.69, 9.17) is 13.9 Å². The number of carbonyl (C=O) groups excluding carboxylic acids is 2. The van der Waals surface area contributed by atoms with Crippen molar-refractivity contribution in [3.8, 4) is 11.5 Å². The Morgan fingerprint density at radius 1 is 0.900 bits per heavy atom. The molecule has 0 saturated carbocycles. The van der Waals surface area contributed by atoms with Crippen molar-refractivity contribution in [2.75, 3.05) is 19.0 Å². The number of methoxy groups -OCH3 is 1. The van der Waals surface area contributed by atoms with Crippen LogP contribution in [-0.2, 0) is 9.59 Å².